The van der Waals surface area contributed by atoms with E-state index < -0.39 is 10.0 Å². The fraction of sp³-hybridized carbons (Fsp3) is 0.421. The molecule has 0 radical (unpaired) electrons. The van der Waals surface area contributed by atoms with Gasteiger partial charge in [-0.05, 0) is 43.2 Å². The van der Waals surface area contributed by atoms with Crippen LogP contribution in [0.15, 0.2) is 41.6 Å². The minimum absolute atomic E-state index is 0.290. The monoisotopic (exact) mass is 391 g/mol. The van der Waals surface area contributed by atoms with Gasteiger partial charge in [-0.25, -0.2) is 8.42 Å². The number of aryl methyl sites for hydroxylation is 1. The molecule has 1 N–H and O–H groups in total. The highest BCUT2D eigenvalue weighted by Gasteiger charge is 2.26. The van der Waals surface area contributed by atoms with Crippen LogP contribution in [0.5, 0.6) is 5.75 Å². The summed E-state index contributed by atoms with van der Waals surface area (Å²) in [7, 11) is -3.52. The molecule has 3 rings (SSSR count). The Labute approximate surface area is 160 Å². The Morgan fingerprint density at radius 2 is 2.00 bits per heavy atom. The number of anilines is 1. The largest absolute Gasteiger partial charge is 0.492 e. The molecule has 1 saturated heterocycles. The highest BCUT2D eigenvalue weighted by Crippen LogP contribution is 2.24. The van der Waals surface area contributed by atoms with Gasteiger partial charge in [0.1, 0.15) is 5.75 Å². The van der Waals surface area contributed by atoms with E-state index in [0.29, 0.717) is 44.4 Å². The maximum absolute atomic E-state index is 12.9. The predicted octanol–water partition coefficient (Wildman–Crippen LogP) is 2.42. The van der Waals surface area contributed by atoms with Crippen molar-refractivity contribution in [3.63, 3.8) is 0 Å². The van der Waals surface area contributed by atoms with Gasteiger partial charge in [-0.1, -0.05) is 6.07 Å². The molecule has 2 heterocycles. The standard InChI is InChI=1S/C19H25N3O4S/c1-3-26-17-10-16(12-20-14-17)13-21-19-11-18(5-4-15(19)2)27(23,24)22-6-8-25-9-7-22/h4-5,10-12,14,21H,3,6-9,13H2,1-2H3. The van der Waals surface area contributed by atoms with Crippen molar-refractivity contribution in [2.24, 2.45) is 0 Å². The van der Waals surface area contributed by atoms with Gasteiger partial charge in [0.2, 0.25) is 10.0 Å². The van der Waals surface area contributed by atoms with Crippen molar-refractivity contribution in [3.8, 4) is 5.75 Å². The average molecular weight is 391 g/mol. The summed E-state index contributed by atoms with van der Waals surface area (Å²) in [5.41, 5.74) is 2.72. The lowest BCUT2D eigenvalue weighted by Crippen LogP contribution is -2.40. The molecule has 0 bridgehead atoms. The maximum atomic E-state index is 12.9. The molecule has 0 atom stereocenters. The van der Waals surface area contributed by atoms with Crippen molar-refractivity contribution in [1.82, 2.24) is 9.29 Å². The number of nitrogens with one attached hydrogen (secondary N) is 1. The van der Waals surface area contributed by atoms with Crippen LogP contribution in [0.25, 0.3) is 0 Å². The van der Waals surface area contributed by atoms with E-state index in [-0.39, 0.29) is 0 Å². The first-order valence-corrected chi connectivity index (χ1v) is 10.4. The number of ether oxygens (including phenoxy) is 2. The molecular weight excluding hydrogens is 366 g/mol. The van der Waals surface area contributed by atoms with E-state index in [0.717, 1.165) is 22.6 Å². The zero-order valence-corrected chi connectivity index (χ0v) is 16.5. The number of hydrogen-bond donors (Lipinski definition) is 1. The number of hydrogen-bond acceptors (Lipinski definition) is 6. The van der Waals surface area contributed by atoms with E-state index in [1.807, 2.05) is 26.0 Å². The van der Waals surface area contributed by atoms with E-state index in [4.69, 9.17) is 9.47 Å². The summed E-state index contributed by atoms with van der Waals surface area (Å²) in [6, 6.07) is 7.10. The molecule has 0 spiro atoms. The van der Waals surface area contributed by atoms with Gasteiger partial charge >= 0.3 is 0 Å². The molecule has 146 valence electrons. The molecule has 0 amide bonds. The Hall–Kier alpha value is -2.16. The number of rotatable bonds is 7. The summed E-state index contributed by atoms with van der Waals surface area (Å²) < 4.78 is 37.9. The van der Waals surface area contributed by atoms with Crippen molar-refractivity contribution in [2.75, 3.05) is 38.2 Å². The van der Waals surface area contributed by atoms with Crippen molar-refractivity contribution in [2.45, 2.75) is 25.3 Å². The van der Waals surface area contributed by atoms with Crippen LogP contribution in [0.4, 0.5) is 5.69 Å². The molecule has 27 heavy (non-hydrogen) atoms. The molecular formula is C19H25N3O4S. The maximum Gasteiger partial charge on any atom is 0.243 e. The van der Waals surface area contributed by atoms with Crippen LogP contribution in [-0.4, -0.2) is 50.6 Å². The molecule has 1 aliphatic heterocycles. The first kappa shape index (κ1) is 19.6. The molecule has 8 heteroatoms. The topological polar surface area (TPSA) is 80.8 Å². The quantitative estimate of drug-likeness (QED) is 0.781. The summed E-state index contributed by atoms with van der Waals surface area (Å²) in [4.78, 5) is 4.47. The third kappa shape index (κ3) is 4.77. The van der Waals surface area contributed by atoms with Crippen LogP contribution in [0.1, 0.15) is 18.1 Å². The second-order valence-corrected chi connectivity index (χ2v) is 8.25. The number of nitrogens with zero attached hydrogens (tertiary/aromatic N) is 2. The Balaban J connectivity index is 1.76. The predicted molar refractivity (Wildman–Crippen MR) is 103 cm³/mol. The molecule has 1 aromatic heterocycles. The Morgan fingerprint density at radius 3 is 2.74 bits per heavy atom. The minimum atomic E-state index is -3.52. The van der Waals surface area contributed by atoms with Crippen LogP contribution < -0.4 is 10.1 Å². The molecule has 0 saturated carbocycles. The number of benzene rings is 1. The summed E-state index contributed by atoms with van der Waals surface area (Å²) in [5, 5.41) is 3.31. The van der Waals surface area contributed by atoms with E-state index in [1.165, 1.54) is 4.31 Å². The SMILES string of the molecule is CCOc1cncc(CNc2cc(S(=O)(=O)N3CCOCC3)ccc2C)c1. The summed E-state index contributed by atoms with van der Waals surface area (Å²) >= 11 is 0. The summed E-state index contributed by atoms with van der Waals surface area (Å²) in [5.74, 6) is 0.720. The lowest BCUT2D eigenvalue weighted by atomic mass is 10.2. The van der Waals surface area contributed by atoms with Crippen molar-refractivity contribution < 1.29 is 17.9 Å². The summed E-state index contributed by atoms with van der Waals surface area (Å²) in [6.07, 6.45) is 3.44. The second kappa shape index (κ2) is 8.69. The van der Waals surface area contributed by atoms with Crippen LogP contribution in [-0.2, 0) is 21.3 Å². The minimum Gasteiger partial charge on any atom is -0.492 e. The third-order valence-corrected chi connectivity index (χ3v) is 6.28. The van der Waals surface area contributed by atoms with Crippen LogP contribution in [0.3, 0.4) is 0 Å². The molecule has 2 aromatic rings. The highest BCUT2D eigenvalue weighted by atomic mass is 32.2. The molecule has 0 aliphatic carbocycles. The van der Waals surface area contributed by atoms with E-state index in [2.05, 4.69) is 10.3 Å². The normalized spacial score (nSPS) is 15.5. The lowest BCUT2D eigenvalue weighted by Gasteiger charge is -2.26. The Morgan fingerprint density at radius 1 is 1.22 bits per heavy atom. The van der Waals surface area contributed by atoms with Gasteiger partial charge in [0.05, 0.1) is 30.9 Å². The van der Waals surface area contributed by atoms with Gasteiger partial charge in [0.25, 0.3) is 0 Å². The summed E-state index contributed by atoms with van der Waals surface area (Å²) in [6.45, 7) is 6.61. The van der Waals surface area contributed by atoms with Gasteiger partial charge in [0, 0.05) is 31.5 Å². The first-order chi connectivity index (χ1) is 13.0. The average Bonchev–Trinajstić information content (AvgIpc) is 2.68. The van der Waals surface area contributed by atoms with Crippen LogP contribution in [0, 0.1) is 6.92 Å². The number of sulfonamides is 1. The highest BCUT2D eigenvalue weighted by molar-refractivity contribution is 7.89. The number of pyridine rings is 1. The van der Waals surface area contributed by atoms with Crippen molar-refractivity contribution in [3.05, 3.63) is 47.8 Å². The fourth-order valence-corrected chi connectivity index (χ4v) is 4.33. The van der Waals surface area contributed by atoms with E-state index in [9.17, 15) is 8.42 Å². The Bertz CT molecular complexity index is 880. The smallest absolute Gasteiger partial charge is 0.243 e. The number of aromatic nitrogens is 1. The van der Waals surface area contributed by atoms with E-state index >= 15 is 0 Å². The van der Waals surface area contributed by atoms with Gasteiger partial charge < -0.3 is 14.8 Å². The molecule has 1 aliphatic rings. The van der Waals surface area contributed by atoms with Gasteiger partial charge in [-0.15, -0.1) is 0 Å². The molecule has 0 unspecified atom stereocenters. The number of morpholine rings is 1. The molecule has 7 nitrogen and oxygen atoms in total. The van der Waals surface area contributed by atoms with Crippen molar-refractivity contribution >= 4 is 15.7 Å². The van der Waals surface area contributed by atoms with Crippen LogP contribution in [0.2, 0.25) is 0 Å². The zero-order valence-electron chi connectivity index (χ0n) is 15.6. The Kier molecular flexibility index (Phi) is 6.30. The van der Waals surface area contributed by atoms with Crippen LogP contribution >= 0.6 is 0 Å². The second-order valence-electron chi connectivity index (χ2n) is 6.31. The molecule has 1 fully saturated rings. The van der Waals surface area contributed by atoms with Gasteiger partial charge in [-0.2, -0.15) is 4.31 Å². The van der Waals surface area contributed by atoms with Gasteiger partial charge in [0.15, 0.2) is 0 Å². The first-order valence-electron chi connectivity index (χ1n) is 9.00. The van der Waals surface area contributed by atoms with Gasteiger partial charge in [-0.3, -0.25) is 4.98 Å². The molecule has 1 aromatic carbocycles. The van der Waals surface area contributed by atoms with Crippen molar-refractivity contribution in [1.29, 1.82) is 0 Å². The third-order valence-electron chi connectivity index (χ3n) is 4.38. The fourth-order valence-electron chi connectivity index (χ4n) is 2.89. The lowest BCUT2D eigenvalue weighted by molar-refractivity contribution is 0.0730. The van der Waals surface area contributed by atoms with E-state index in [1.54, 1.807) is 24.5 Å². The zero-order chi connectivity index (χ0) is 19.3.